The van der Waals surface area contributed by atoms with Crippen LogP contribution in [0.5, 0.6) is 0 Å². The van der Waals surface area contributed by atoms with E-state index in [1.54, 1.807) is 6.07 Å². The molecule has 2 heterocycles. The zero-order valence-electron chi connectivity index (χ0n) is 16.1. The van der Waals surface area contributed by atoms with E-state index in [0.29, 0.717) is 23.4 Å². The molecule has 1 aromatic carbocycles. The standard InChI is InChI=1S/C21H26N4O3/c1-2-16-3-5-19(6-4-16)24-21(27)18-13-17(14-22-15-18)20(26)23-7-8-25-9-11-28-12-10-25/h3-6,13-15H,2,7-12H2,1H3,(H,23,26)(H,24,27). The summed E-state index contributed by atoms with van der Waals surface area (Å²) in [5.74, 6) is -0.526. The number of hydrogen-bond acceptors (Lipinski definition) is 5. The van der Waals surface area contributed by atoms with E-state index < -0.39 is 0 Å². The second-order valence-corrected chi connectivity index (χ2v) is 6.68. The lowest BCUT2D eigenvalue weighted by molar-refractivity contribution is 0.0383. The van der Waals surface area contributed by atoms with Gasteiger partial charge in [0.2, 0.25) is 0 Å². The molecule has 28 heavy (non-hydrogen) atoms. The third-order valence-electron chi connectivity index (χ3n) is 4.70. The van der Waals surface area contributed by atoms with E-state index in [9.17, 15) is 9.59 Å². The van der Waals surface area contributed by atoms with Crippen molar-refractivity contribution in [2.24, 2.45) is 0 Å². The van der Waals surface area contributed by atoms with Gasteiger partial charge in [0.15, 0.2) is 0 Å². The third kappa shape index (κ3) is 5.61. The van der Waals surface area contributed by atoms with Gasteiger partial charge in [-0.05, 0) is 30.2 Å². The highest BCUT2D eigenvalue weighted by atomic mass is 16.5. The molecule has 2 amide bonds. The molecule has 0 saturated carbocycles. The van der Waals surface area contributed by atoms with E-state index in [1.807, 2.05) is 24.3 Å². The molecule has 0 atom stereocenters. The second kappa shape index (κ2) is 9.96. The Bertz CT molecular complexity index is 802. The van der Waals surface area contributed by atoms with Gasteiger partial charge >= 0.3 is 0 Å². The van der Waals surface area contributed by atoms with Crippen molar-refractivity contribution >= 4 is 17.5 Å². The number of aryl methyl sites for hydroxylation is 1. The molecular formula is C21H26N4O3. The van der Waals surface area contributed by atoms with Crippen LogP contribution in [-0.2, 0) is 11.2 Å². The Labute approximate surface area is 165 Å². The van der Waals surface area contributed by atoms with Crippen LogP contribution in [0.4, 0.5) is 5.69 Å². The van der Waals surface area contributed by atoms with Crippen molar-refractivity contribution < 1.29 is 14.3 Å². The molecule has 1 aliphatic heterocycles. The van der Waals surface area contributed by atoms with Crippen LogP contribution in [0.3, 0.4) is 0 Å². The van der Waals surface area contributed by atoms with Gasteiger partial charge in [-0.3, -0.25) is 19.5 Å². The van der Waals surface area contributed by atoms with Gasteiger partial charge in [0.25, 0.3) is 11.8 Å². The lowest BCUT2D eigenvalue weighted by Crippen LogP contribution is -2.41. The third-order valence-corrected chi connectivity index (χ3v) is 4.70. The second-order valence-electron chi connectivity index (χ2n) is 6.68. The number of hydrogen-bond donors (Lipinski definition) is 2. The molecule has 3 rings (SSSR count). The van der Waals surface area contributed by atoms with Crippen molar-refractivity contribution in [3.05, 3.63) is 59.4 Å². The number of nitrogens with zero attached hydrogens (tertiary/aromatic N) is 2. The van der Waals surface area contributed by atoms with Crippen LogP contribution in [0, 0.1) is 0 Å². The van der Waals surface area contributed by atoms with Crippen LogP contribution in [0.1, 0.15) is 33.2 Å². The minimum Gasteiger partial charge on any atom is -0.379 e. The van der Waals surface area contributed by atoms with Crippen LogP contribution in [-0.4, -0.2) is 61.1 Å². The number of carbonyl (C=O) groups is 2. The first-order chi connectivity index (χ1) is 13.7. The monoisotopic (exact) mass is 382 g/mol. The number of nitrogens with one attached hydrogen (secondary N) is 2. The van der Waals surface area contributed by atoms with Crippen molar-refractivity contribution in [3.63, 3.8) is 0 Å². The lowest BCUT2D eigenvalue weighted by atomic mass is 10.1. The molecule has 1 fully saturated rings. The maximum absolute atomic E-state index is 12.5. The van der Waals surface area contributed by atoms with Crippen molar-refractivity contribution in [2.45, 2.75) is 13.3 Å². The highest BCUT2D eigenvalue weighted by molar-refractivity contribution is 6.05. The van der Waals surface area contributed by atoms with Crippen molar-refractivity contribution in [1.82, 2.24) is 15.2 Å². The van der Waals surface area contributed by atoms with Gasteiger partial charge in [-0.15, -0.1) is 0 Å². The normalized spacial score (nSPS) is 14.5. The smallest absolute Gasteiger partial charge is 0.257 e. The van der Waals surface area contributed by atoms with Crippen molar-refractivity contribution in [3.8, 4) is 0 Å². The number of ether oxygens (including phenoxy) is 1. The van der Waals surface area contributed by atoms with E-state index in [4.69, 9.17) is 4.74 Å². The quantitative estimate of drug-likeness (QED) is 0.765. The number of rotatable bonds is 7. The minimum absolute atomic E-state index is 0.234. The van der Waals surface area contributed by atoms with Crippen LogP contribution < -0.4 is 10.6 Å². The Morgan fingerprint density at radius 3 is 2.43 bits per heavy atom. The largest absolute Gasteiger partial charge is 0.379 e. The summed E-state index contributed by atoms with van der Waals surface area (Å²) in [6.07, 6.45) is 3.87. The summed E-state index contributed by atoms with van der Waals surface area (Å²) in [6.45, 7) is 6.62. The fraction of sp³-hybridized carbons (Fsp3) is 0.381. The van der Waals surface area contributed by atoms with E-state index in [-0.39, 0.29) is 11.8 Å². The molecule has 7 nitrogen and oxygen atoms in total. The van der Waals surface area contributed by atoms with Gasteiger partial charge in [0, 0.05) is 44.3 Å². The number of pyridine rings is 1. The van der Waals surface area contributed by atoms with Gasteiger partial charge in [0.05, 0.1) is 24.3 Å². The number of anilines is 1. The average molecular weight is 382 g/mol. The number of morpholine rings is 1. The van der Waals surface area contributed by atoms with Gasteiger partial charge < -0.3 is 15.4 Å². The topological polar surface area (TPSA) is 83.6 Å². The number of carbonyl (C=O) groups excluding carboxylic acids is 2. The maximum atomic E-state index is 12.5. The molecule has 0 unspecified atom stereocenters. The van der Waals surface area contributed by atoms with E-state index in [1.165, 1.54) is 18.0 Å². The van der Waals surface area contributed by atoms with E-state index in [2.05, 4.69) is 27.4 Å². The van der Waals surface area contributed by atoms with Crippen LogP contribution >= 0.6 is 0 Å². The molecule has 0 radical (unpaired) electrons. The Balaban J connectivity index is 1.54. The summed E-state index contributed by atoms with van der Waals surface area (Å²) in [7, 11) is 0. The molecule has 1 aliphatic rings. The van der Waals surface area contributed by atoms with E-state index >= 15 is 0 Å². The number of amides is 2. The summed E-state index contributed by atoms with van der Waals surface area (Å²) in [4.78, 5) is 31.1. The first-order valence-corrected chi connectivity index (χ1v) is 9.59. The zero-order valence-corrected chi connectivity index (χ0v) is 16.1. The Morgan fingerprint density at radius 2 is 1.75 bits per heavy atom. The molecule has 1 aromatic heterocycles. The summed E-state index contributed by atoms with van der Waals surface area (Å²) in [5, 5.41) is 5.71. The SMILES string of the molecule is CCc1ccc(NC(=O)c2cncc(C(=O)NCCN3CCOCC3)c2)cc1. The summed E-state index contributed by atoms with van der Waals surface area (Å²) in [5.41, 5.74) is 2.63. The molecule has 0 bridgehead atoms. The van der Waals surface area contributed by atoms with E-state index in [0.717, 1.165) is 39.3 Å². The predicted molar refractivity (Wildman–Crippen MR) is 108 cm³/mol. The Kier molecular flexibility index (Phi) is 7.11. The molecule has 148 valence electrons. The fourth-order valence-corrected chi connectivity index (χ4v) is 2.97. The lowest BCUT2D eigenvalue weighted by Gasteiger charge is -2.26. The van der Waals surface area contributed by atoms with Gasteiger partial charge in [-0.25, -0.2) is 0 Å². The molecule has 2 N–H and O–H groups in total. The maximum Gasteiger partial charge on any atom is 0.257 e. The molecule has 7 heteroatoms. The minimum atomic E-state index is -0.292. The van der Waals surface area contributed by atoms with Crippen LogP contribution in [0.2, 0.25) is 0 Å². The predicted octanol–water partition coefficient (Wildman–Crippen LogP) is 1.96. The summed E-state index contributed by atoms with van der Waals surface area (Å²) >= 11 is 0. The Morgan fingerprint density at radius 1 is 1.07 bits per heavy atom. The van der Waals surface area contributed by atoms with Gasteiger partial charge in [-0.2, -0.15) is 0 Å². The van der Waals surface area contributed by atoms with Crippen LogP contribution in [0.15, 0.2) is 42.7 Å². The van der Waals surface area contributed by atoms with Gasteiger partial charge in [0.1, 0.15) is 0 Å². The zero-order chi connectivity index (χ0) is 19.8. The van der Waals surface area contributed by atoms with Gasteiger partial charge in [-0.1, -0.05) is 19.1 Å². The molecule has 1 saturated heterocycles. The van der Waals surface area contributed by atoms with Crippen molar-refractivity contribution in [1.29, 1.82) is 0 Å². The first kappa shape index (κ1) is 20.0. The fourth-order valence-electron chi connectivity index (χ4n) is 2.97. The highest BCUT2D eigenvalue weighted by Gasteiger charge is 2.13. The first-order valence-electron chi connectivity index (χ1n) is 9.59. The Hall–Kier alpha value is -2.77. The molecule has 2 aromatic rings. The highest BCUT2D eigenvalue weighted by Crippen LogP contribution is 2.12. The summed E-state index contributed by atoms with van der Waals surface area (Å²) in [6, 6.07) is 9.25. The molecule has 0 spiro atoms. The summed E-state index contributed by atoms with van der Waals surface area (Å²) < 4.78 is 5.31. The average Bonchev–Trinajstić information content (AvgIpc) is 2.75. The van der Waals surface area contributed by atoms with Crippen molar-refractivity contribution in [2.75, 3.05) is 44.7 Å². The molecule has 0 aliphatic carbocycles. The van der Waals surface area contributed by atoms with Crippen LogP contribution in [0.25, 0.3) is 0 Å². The number of aromatic nitrogens is 1. The molecular weight excluding hydrogens is 356 g/mol. The number of benzene rings is 1.